The molecule has 0 aromatic heterocycles. The normalized spacial score (nSPS) is 21.5. The number of hydrogen-bond donors (Lipinski definition) is 1. The number of halogens is 2. The summed E-state index contributed by atoms with van der Waals surface area (Å²) in [6, 6.07) is 12.4. The number of carbonyl (C=O) groups excluding carboxylic acids is 2. The van der Waals surface area contributed by atoms with Crippen LogP contribution in [0, 0.1) is 11.6 Å². The lowest BCUT2D eigenvalue weighted by molar-refractivity contribution is -0.134. The van der Waals surface area contributed by atoms with Gasteiger partial charge in [0.25, 0.3) is 5.91 Å². The van der Waals surface area contributed by atoms with Gasteiger partial charge in [-0.1, -0.05) is 18.2 Å². The number of nitrogens with zero attached hydrogens (tertiary/aromatic N) is 2. The zero-order valence-corrected chi connectivity index (χ0v) is 18.2. The van der Waals surface area contributed by atoms with Crippen LogP contribution in [0.5, 0.6) is 0 Å². The highest BCUT2D eigenvalue weighted by molar-refractivity contribution is 5.96. The number of amides is 2. The molecule has 0 bridgehead atoms. The van der Waals surface area contributed by atoms with Crippen LogP contribution in [0.15, 0.2) is 48.5 Å². The lowest BCUT2D eigenvalue weighted by Crippen LogP contribution is -2.51. The molecule has 32 heavy (non-hydrogen) atoms. The molecular formula is C25H29F2N3O2. The third-order valence-electron chi connectivity index (χ3n) is 6.75. The van der Waals surface area contributed by atoms with Crippen LogP contribution in [0.1, 0.15) is 48.0 Å². The first-order valence-corrected chi connectivity index (χ1v) is 11.3. The van der Waals surface area contributed by atoms with E-state index in [2.05, 4.69) is 10.2 Å². The molecule has 0 saturated carbocycles. The molecule has 0 radical (unpaired) electrons. The maximum atomic E-state index is 14.1. The minimum atomic E-state index is -0.433. The molecule has 7 heteroatoms. The van der Waals surface area contributed by atoms with Crippen LogP contribution in [0.4, 0.5) is 8.78 Å². The SMILES string of the molecule is O=C(NCC(=O)N1CCC[C@]12CCCN(Cc1cc(F)ccc1F)CC2)c1ccccc1. The molecule has 5 nitrogen and oxygen atoms in total. The van der Waals surface area contributed by atoms with E-state index >= 15 is 0 Å². The predicted molar refractivity (Wildman–Crippen MR) is 118 cm³/mol. The first-order chi connectivity index (χ1) is 15.5. The molecule has 2 aromatic carbocycles. The second kappa shape index (κ2) is 9.77. The molecule has 1 spiro atoms. The molecule has 0 aliphatic carbocycles. The summed E-state index contributed by atoms with van der Waals surface area (Å²) in [6.07, 6.45) is 4.44. The van der Waals surface area contributed by atoms with Crippen LogP contribution >= 0.6 is 0 Å². The molecule has 2 aliphatic heterocycles. The zero-order valence-electron chi connectivity index (χ0n) is 18.2. The van der Waals surface area contributed by atoms with Crippen molar-refractivity contribution in [3.63, 3.8) is 0 Å². The van der Waals surface area contributed by atoms with E-state index in [9.17, 15) is 18.4 Å². The lowest BCUT2D eigenvalue weighted by atomic mass is 9.87. The maximum Gasteiger partial charge on any atom is 0.251 e. The molecule has 0 unspecified atom stereocenters. The van der Waals surface area contributed by atoms with Gasteiger partial charge in [-0.3, -0.25) is 14.5 Å². The van der Waals surface area contributed by atoms with Crippen molar-refractivity contribution in [3.8, 4) is 0 Å². The highest BCUT2D eigenvalue weighted by Crippen LogP contribution is 2.38. The third-order valence-corrected chi connectivity index (χ3v) is 6.75. The second-order valence-corrected chi connectivity index (χ2v) is 8.79. The number of carbonyl (C=O) groups is 2. The average Bonchev–Trinajstić information content (AvgIpc) is 3.11. The highest BCUT2D eigenvalue weighted by Gasteiger charge is 2.43. The van der Waals surface area contributed by atoms with Gasteiger partial charge < -0.3 is 10.2 Å². The van der Waals surface area contributed by atoms with Crippen molar-refractivity contribution in [1.29, 1.82) is 0 Å². The number of benzene rings is 2. The fourth-order valence-corrected chi connectivity index (χ4v) is 5.09. The quantitative estimate of drug-likeness (QED) is 0.769. The summed E-state index contributed by atoms with van der Waals surface area (Å²) >= 11 is 0. The Morgan fingerprint density at radius 3 is 2.47 bits per heavy atom. The van der Waals surface area contributed by atoms with Gasteiger partial charge in [0.2, 0.25) is 5.91 Å². The largest absolute Gasteiger partial charge is 0.343 e. The van der Waals surface area contributed by atoms with E-state index in [1.165, 1.54) is 12.1 Å². The van der Waals surface area contributed by atoms with Gasteiger partial charge in [-0.15, -0.1) is 0 Å². The average molecular weight is 442 g/mol. The van der Waals surface area contributed by atoms with Crippen molar-refractivity contribution in [2.45, 2.75) is 44.2 Å². The van der Waals surface area contributed by atoms with Crippen LogP contribution in [-0.2, 0) is 11.3 Å². The van der Waals surface area contributed by atoms with Crippen LogP contribution in [-0.4, -0.2) is 53.3 Å². The summed E-state index contributed by atoms with van der Waals surface area (Å²) in [7, 11) is 0. The van der Waals surface area contributed by atoms with E-state index in [1.807, 2.05) is 11.0 Å². The lowest BCUT2D eigenvalue weighted by Gasteiger charge is -2.38. The Labute approximate surface area is 187 Å². The molecular weight excluding hydrogens is 412 g/mol. The Morgan fingerprint density at radius 1 is 0.938 bits per heavy atom. The van der Waals surface area contributed by atoms with Crippen LogP contribution in [0.2, 0.25) is 0 Å². The first kappa shape index (κ1) is 22.4. The Bertz CT molecular complexity index is 969. The van der Waals surface area contributed by atoms with Crippen molar-refractivity contribution in [3.05, 3.63) is 71.3 Å². The predicted octanol–water partition coefficient (Wildman–Crippen LogP) is 3.74. The fourth-order valence-electron chi connectivity index (χ4n) is 5.09. The van der Waals surface area contributed by atoms with Crippen LogP contribution in [0.25, 0.3) is 0 Å². The van der Waals surface area contributed by atoms with Gasteiger partial charge in [0.15, 0.2) is 0 Å². The maximum absolute atomic E-state index is 14.1. The van der Waals surface area contributed by atoms with Gasteiger partial charge >= 0.3 is 0 Å². The van der Waals surface area contributed by atoms with Crippen LogP contribution in [0.3, 0.4) is 0 Å². The second-order valence-electron chi connectivity index (χ2n) is 8.79. The Kier molecular flexibility index (Phi) is 6.84. The molecule has 2 amide bonds. The van der Waals surface area contributed by atoms with Gasteiger partial charge in [-0.05, 0) is 69.0 Å². The summed E-state index contributed by atoms with van der Waals surface area (Å²) in [4.78, 5) is 29.4. The molecule has 2 saturated heterocycles. The summed E-state index contributed by atoms with van der Waals surface area (Å²) < 4.78 is 27.6. The fraction of sp³-hybridized carbons (Fsp3) is 0.440. The van der Waals surface area contributed by atoms with E-state index in [0.717, 1.165) is 51.3 Å². The zero-order chi connectivity index (χ0) is 22.6. The Hall–Kier alpha value is -2.80. The standard InChI is InChI=1S/C25H29F2N3O2/c26-21-8-9-22(27)20(16-21)18-29-13-4-10-25(12-15-29)11-5-14-30(25)23(31)17-28-24(32)19-6-2-1-3-7-19/h1-3,6-9,16H,4-5,10-15,17-18H2,(H,28,32)/t25-/m0/s1. The smallest absolute Gasteiger partial charge is 0.251 e. The summed E-state index contributed by atoms with van der Waals surface area (Å²) in [5, 5.41) is 2.75. The third kappa shape index (κ3) is 4.99. The topological polar surface area (TPSA) is 52.7 Å². The number of nitrogens with one attached hydrogen (secondary N) is 1. The van der Waals surface area contributed by atoms with Crippen molar-refractivity contribution in [2.24, 2.45) is 0 Å². The van der Waals surface area contributed by atoms with E-state index in [1.54, 1.807) is 24.3 Å². The summed E-state index contributed by atoms with van der Waals surface area (Å²) in [6.45, 7) is 2.54. The highest BCUT2D eigenvalue weighted by atomic mass is 19.1. The van der Waals surface area contributed by atoms with Gasteiger partial charge in [0.05, 0.1) is 6.54 Å². The van der Waals surface area contributed by atoms with Crippen molar-refractivity contribution < 1.29 is 18.4 Å². The molecule has 2 heterocycles. The van der Waals surface area contributed by atoms with E-state index < -0.39 is 11.6 Å². The molecule has 4 rings (SSSR count). The molecule has 1 N–H and O–H groups in total. The molecule has 2 aliphatic rings. The van der Waals surface area contributed by atoms with Crippen molar-refractivity contribution in [1.82, 2.24) is 15.1 Å². The number of hydrogen-bond acceptors (Lipinski definition) is 3. The van der Waals surface area contributed by atoms with Gasteiger partial charge in [-0.25, -0.2) is 8.78 Å². The Morgan fingerprint density at radius 2 is 1.69 bits per heavy atom. The van der Waals surface area contributed by atoms with Crippen LogP contribution < -0.4 is 5.32 Å². The summed E-state index contributed by atoms with van der Waals surface area (Å²) in [5.74, 6) is -1.14. The number of likely N-dealkylation sites (tertiary alicyclic amines) is 2. The van der Waals surface area contributed by atoms with E-state index in [0.29, 0.717) is 24.2 Å². The van der Waals surface area contributed by atoms with E-state index in [-0.39, 0.29) is 23.9 Å². The molecule has 1 atom stereocenters. The monoisotopic (exact) mass is 441 g/mol. The molecule has 2 aromatic rings. The first-order valence-electron chi connectivity index (χ1n) is 11.3. The van der Waals surface area contributed by atoms with Gasteiger partial charge in [0, 0.05) is 36.3 Å². The molecule has 170 valence electrons. The molecule has 2 fully saturated rings. The van der Waals surface area contributed by atoms with Gasteiger partial charge in [-0.2, -0.15) is 0 Å². The minimum absolute atomic E-state index is 0.0201. The Balaban J connectivity index is 1.36. The summed E-state index contributed by atoms with van der Waals surface area (Å²) in [5.41, 5.74) is 0.680. The number of rotatable bonds is 5. The van der Waals surface area contributed by atoms with Crippen molar-refractivity contribution >= 4 is 11.8 Å². The van der Waals surface area contributed by atoms with Gasteiger partial charge in [0.1, 0.15) is 11.6 Å². The minimum Gasteiger partial charge on any atom is -0.343 e. The van der Waals surface area contributed by atoms with E-state index in [4.69, 9.17) is 0 Å². The van der Waals surface area contributed by atoms with Crippen molar-refractivity contribution in [2.75, 3.05) is 26.2 Å².